The fourth-order valence-corrected chi connectivity index (χ4v) is 4.75. The van der Waals surface area contributed by atoms with Crippen LogP contribution in [0.4, 0.5) is 0 Å². The second-order valence-electron chi connectivity index (χ2n) is 7.35. The molecule has 2 aliphatic carbocycles. The molecule has 0 bridgehead atoms. The van der Waals surface area contributed by atoms with Gasteiger partial charge < -0.3 is 20.4 Å². The lowest BCUT2D eigenvalue weighted by atomic mass is 9.89. The summed E-state index contributed by atoms with van der Waals surface area (Å²) < 4.78 is 0. The Morgan fingerprint density at radius 3 is 1.25 bits per heavy atom. The Bertz CT molecular complexity index is 693. The molecule has 2 saturated carbocycles. The van der Waals surface area contributed by atoms with Crippen molar-refractivity contribution in [1.29, 1.82) is 0 Å². The van der Waals surface area contributed by atoms with E-state index in [0.717, 1.165) is 36.8 Å². The molecule has 0 unspecified atom stereocenters. The minimum Gasteiger partial charge on any atom is -0.504 e. The Balaban J connectivity index is 1.46. The van der Waals surface area contributed by atoms with E-state index in [9.17, 15) is 20.4 Å². The van der Waals surface area contributed by atoms with Gasteiger partial charge in [-0.05, 0) is 84.7 Å². The lowest BCUT2D eigenvalue weighted by Crippen LogP contribution is -1.99. The second-order valence-corrected chi connectivity index (χ2v) is 7.35. The number of phenolic OH excluding ortho intramolecular Hbond substituents is 4. The smallest absolute Gasteiger partial charge is 0.157 e. The molecule has 0 radical (unpaired) electrons. The highest BCUT2D eigenvalue weighted by molar-refractivity contribution is 5.43. The Morgan fingerprint density at radius 1 is 0.542 bits per heavy atom. The Kier molecular flexibility index (Phi) is 3.56. The number of hydrogen-bond acceptors (Lipinski definition) is 4. The van der Waals surface area contributed by atoms with Gasteiger partial charge in [-0.1, -0.05) is 12.1 Å². The molecule has 0 heterocycles. The van der Waals surface area contributed by atoms with Crippen LogP contribution in [-0.4, -0.2) is 20.4 Å². The summed E-state index contributed by atoms with van der Waals surface area (Å²) in [4.78, 5) is 0. The largest absolute Gasteiger partial charge is 0.504 e. The summed E-state index contributed by atoms with van der Waals surface area (Å²) >= 11 is 0. The van der Waals surface area contributed by atoms with Gasteiger partial charge >= 0.3 is 0 Å². The zero-order chi connectivity index (χ0) is 16.8. The quantitative estimate of drug-likeness (QED) is 0.624. The standard InChI is InChI=1S/C20H22O4/c21-17-3-1-11(9-19(17)23)13-5-15-7-14(8-16(15)6-13)12-2-4-18(22)20(24)10-12/h1-4,9-10,13-16,21-24H,5-8H2/t13-,14+,15?,16?. The topological polar surface area (TPSA) is 80.9 Å². The van der Waals surface area contributed by atoms with Gasteiger partial charge in [0.2, 0.25) is 0 Å². The van der Waals surface area contributed by atoms with E-state index in [1.807, 2.05) is 12.1 Å². The first kappa shape index (κ1) is 15.2. The van der Waals surface area contributed by atoms with Crippen LogP contribution in [0.2, 0.25) is 0 Å². The third kappa shape index (κ3) is 2.56. The molecule has 126 valence electrons. The average Bonchev–Trinajstić information content (AvgIpc) is 3.11. The van der Waals surface area contributed by atoms with Crippen molar-refractivity contribution in [3.05, 3.63) is 47.5 Å². The first-order valence-corrected chi connectivity index (χ1v) is 8.55. The number of aromatic hydroxyl groups is 4. The van der Waals surface area contributed by atoms with Gasteiger partial charge in [0.05, 0.1) is 0 Å². The third-order valence-electron chi connectivity index (χ3n) is 5.96. The molecule has 0 spiro atoms. The maximum atomic E-state index is 9.71. The molecule has 0 atom stereocenters. The predicted octanol–water partition coefficient (Wildman–Crippen LogP) is 4.20. The van der Waals surface area contributed by atoms with Crippen molar-refractivity contribution in [2.45, 2.75) is 37.5 Å². The molecule has 2 aromatic carbocycles. The van der Waals surface area contributed by atoms with Crippen LogP contribution in [-0.2, 0) is 0 Å². The summed E-state index contributed by atoms with van der Waals surface area (Å²) in [6, 6.07) is 10.3. The van der Waals surface area contributed by atoms with Crippen LogP contribution in [0.25, 0.3) is 0 Å². The predicted molar refractivity (Wildman–Crippen MR) is 90.5 cm³/mol. The van der Waals surface area contributed by atoms with Gasteiger partial charge in [0, 0.05) is 0 Å². The van der Waals surface area contributed by atoms with Gasteiger partial charge in [-0.2, -0.15) is 0 Å². The van der Waals surface area contributed by atoms with Crippen molar-refractivity contribution < 1.29 is 20.4 Å². The number of phenols is 4. The maximum absolute atomic E-state index is 9.71. The Morgan fingerprint density at radius 2 is 0.917 bits per heavy atom. The van der Waals surface area contributed by atoms with E-state index >= 15 is 0 Å². The number of benzene rings is 2. The highest BCUT2D eigenvalue weighted by Crippen LogP contribution is 2.55. The molecule has 4 heteroatoms. The zero-order valence-electron chi connectivity index (χ0n) is 13.4. The van der Waals surface area contributed by atoms with Crippen LogP contribution < -0.4 is 0 Å². The van der Waals surface area contributed by atoms with E-state index < -0.39 is 0 Å². The SMILES string of the molecule is Oc1ccc([C@H]2CC3C[C@@H](c4ccc(O)c(O)c4)CC3C2)cc1O. The van der Waals surface area contributed by atoms with Crippen LogP contribution in [0, 0.1) is 11.8 Å². The van der Waals surface area contributed by atoms with E-state index in [1.165, 1.54) is 0 Å². The van der Waals surface area contributed by atoms with Crippen LogP contribution in [0.5, 0.6) is 23.0 Å². The van der Waals surface area contributed by atoms with Crippen molar-refractivity contribution in [2.75, 3.05) is 0 Å². The fraction of sp³-hybridized carbons (Fsp3) is 0.400. The first-order chi connectivity index (χ1) is 11.5. The van der Waals surface area contributed by atoms with Gasteiger partial charge in [0.25, 0.3) is 0 Å². The van der Waals surface area contributed by atoms with Crippen molar-refractivity contribution in [2.24, 2.45) is 11.8 Å². The van der Waals surface area contributed by atoms with Crippen molar-refractivity contribution in [3.8, 4) is 23.0 Å². The Labute approximate surface area is 141 Å². The Hall–Kier alpha value is -2.36. The molecule has 2 aromatic rings. The minimum absolute atomic E-state index is 0.0398. The molecule has 0 aliphatic heterocycles. The number of hydrogen-bond donors (Lipinski definition) is 4. The van der Waals surface area contributed by atoms with Gasteiger partial charge in [-0.3, -0.25) is 0 Å². The average molecular weight is 326 g/mol. The lowest BCUT2D eigenvalue weighted by Gasteiger charge is -2.16. The second kappa shape index (κ2) is 5.62. The van der Waals surface area contributed by atoms with E-state index in [4.69, 9.17) is 0 Å². The van der Waals surface area contributed by atoms with Crippen LogP contribution >= 0.6 is 0 Å². The zero-order valence-corrected chi connectivity index (χ0v) is 13.4. The molecule has 4 N–H and O–H groups in total. The molecular weight excluding hydrogens is 304 g/mol. The highest BCUT2D eigenvalue weighted by Gasteiger charge is 2.42. The summed E-state index contributed by atoms with van der Waals surface area (Å²) in [7, 11) is 0. The summed E-state index contributed by atoms with van der Waals surface area (Å²) in [5, 5.41) is 38.3. The van der Waals surface area contributed by atoms with Crippen molar-refractivity contribution in [1.82, 2.24) is 0 Å². The van der Waals surface area contributed by atoms with Gasteiger partial charge in [-0.15, -0.1) is 0 Å². The molecule has 2 aliphatic rings. The minimum atomic E-state index is -0.0656. The van der Waals surface area contributed by atoms with E-state index in [0.29, 0.717) is 23.7 Å². The molecule has 4 rings (SSSR count). The third-order valence-corrected chi connectivity index (χ3v) is 5.96. The van der Waals surface area contributed by atoms with E-state index in [-0.39, 0.29) is 23.0 Å². The van der Waals surface area contributed by atoms with E-state index in [2.05, 4.69) is 0 Å². The monoisotopic (exact) mass is 326 g/mol. The first-order valence-electron chi connectivity index (χ1n) is 8.55. The van der Waals surface area contributed by atoms with Crippen LogP contribution in [0.15, 0.2) is 36.4 Å². The molecule has 0 saturated heterocycles. The highest BCUT2D eigenvalue weighted by atomic mass is 16.3. The molecular formula is C20H22O4. The van der Waals surface area contributed by atoms with Crippen molar-refractivity contribution in [3.63, 3.8) is 0 Å². The molecule has 24 heavy (non-hydrogen) atoms. The summed E-state index contributed by atoms with van der Waals surface area (Å²) in [5.74, 6) is 2.00. The van der Waals surface area contributed by atoms with Crippen LogP contribution in [0.3, 0.4) is 0 Å². The normalized spacial score (nSPS) is 28.8. The number of rotatable bonds is 2. The molecule has 0 aromatic heterocycles. The molecule has 2 fully saturated rings. The number of fused-ring (bicyclic) bond motifs is 1. The maximum Gasteiger partial charge on any atom is 0.157 e. The van der Waals surface area contributed by atoms with Crippen molar-refractivity contribution >= 4 is 0 Å². The van der Waals surface area contributed by atoms with Crippen LogP contribution in [0.1, 0.15) is 48.6 Å². The fourth-order valence-electron chi connectivity index (χ4n) is 4.75. The summed E-state index contributed by atoms with van der Waals surface area (Å²) in [6.45, 7) is 0. The molecule has 0 amide bonds. The van der Waals surface area contributed by atoms with Gasteiger partial charge in [0.1, 0.15) is 0 Å². The summed E-state index contributed by atoms with van der Waals surface area (Å²) in [6.07, 6.45) is 4.43. The van der Waals surface area contributed by atoms with Gasteiger partial charge in [0.15, 0.2) is 23.0 Å². The van der Waals surface area contributed by atoms with Gasteiger partial charge in [-0.25, -0.2) is 0 Å². The molecule has 4 nitrogen and oxygen atoms in total. The van der Waals surface area contributed by atoms with E-state index in [1.54, 1.807) is 24.3 Å². The summed E-state index contributed by atoms with van der Waals surface area (Å²) in [5.41, 5.74) is 2.22. The lowest BCUT2D eigenvalue weighted by molar-refractivity contribution is 0.402.